The van der Waals surface area contributed by atoms with Gasteiger partial charge in [0.05, 0.1) is 0 Å². The molecule has 0 aliphatic carbocycles. The van der Waals surface area contributed by atoms with Crippen molar-refractivity contribution in [1.29, 1.82) is 0 Å². The molecule has 0 unspecified atom stereocenters. The van der Waals surface area contributed by atoms with E-state index in [1.165, 1.54) is 0 Å². The van der Waals surface area contributed by atoms with E-state index >= 15 is 0 Å². The first kappa shape index (κ1) is 13.2. The van der Waals surface area contributed by atoms with Crippen LogP contribution in [0.15, 0.2) is 48.5 Å². The second-order valence-corrected chi connectivity index (χ2v) is 4.39. The average Bonchev–Trinajstić information content (AvgIpc) is 2.36. The lowest BCUT2D eigenvalue weighted by Crippen LogP contribution is -2.13. The third kappa shape index (κ3) is 4.19. The lowest BCUT2D eigenvalue weighted by Gasteiger charge is -2.07. The maximum absolute atomic E-state index is 11.6. The van der Waals surface area contributed by atoms with Gasteiger partial charge in [-0.15, -0.1) is 0 Å². The Kier molecular flexibility index (Phi) is 4.26. The van der Waals surface area contributed by atoms with Gasteiger partial charge >= 0.3 is 6.09 Å². The van der Waals surface area contributed by atoms with Gasteiger partial charge in [0.1, 0.15) is 6.61 Å². The number of nitrogen functional groups attached to an aromatic ring is 1. The molecule has 1 amide bonds. The highest BCUT2D eigenvalue weighted by Gasteiger charge is 2.04. The van der Waals surface area contributed by atoms with Crippen LogP contribution in [0.4, 0.5) is 16.2 Å². The fourth-order valence-corrected chi connectivity index (χ4v) is 1.76. The standard InChI is InChI=1S/C14H13ClN2O2/c15-11-4-1-3-10(7-11)9-19-14(18)17-13-6-2-5-12(16)8-13/h1-8H,9,16H2,(H,17,18). The number of hydrogen-bond acceptors (Lipinski definition) is 3. The molecule has 3 N–H and O–H groups in total. The molecule has 4 nitrogen and oxygen atoms in total. The van der Waals surface area contributed by atoms with Crippen molar-refractivity contribution in [3.8, 4) is 0 Å². The summed E-state index contributed by atoms with van der Waals surface area (Å²) in [5.74, 6) is 0. The van der Waals surface area contributed by atoms with Crippen LogP contribution < -0.4 is 11.1 Å². The Hall–Kier alpha value is -2.20. The molecule has 0 saturated carbocycles. The molecular formula is C14H13ClN2O2. The zero-order chi connectivity index (χ0) is 13.7. The molecule has 0 fully saturated rings. The van der Waals surface area contributed by atoms with Gasteiger partial charge in [-0.1, -0.05) is 29.8 Å². The molecule has 98 valence electrons. The number of anilines is 2. The maximum atomic E-state index is 11.6. The summed E-state index contributed by atoms with van der Waals surface area (Å²) in [5, 5.41) is 3.20. The molecule has 0 aliphatic rings. The number of nitrogens with two attached hydrogens (primary N) is 1. The summed E-state index contributed by atoms with van der Waals surface area (Å²) in [6.07, 6.45) is -0.537. The lowest BCUT2D eigenvalue weighted by atomic mass is 10.2. The van der Waals surface area contributed by atoms with Crippen LogP contribution in [0.5, 0.6) is 0 Å². The zero-order valence-electron chi connectivity index (χ0n) is 10.1. The van der Waals surface area contributed by atoms with Gasteiger partial charge in [0.15, 0.2) is 0 Å². The van der Waals surface area contributed by atoms with Crippen molar-refractivity contribution in [3.05, 3.63) is 59.1 Å². The van der Waals surface area contributed by atoms with Crippen LogP contribution in [-0.4, -0.2) is 6.09 Å². The van der Waals surface area contributed by atoms with Gasteiger partial charge in [-0.2, -0.15) is 0 Å². The summed E-state index contributed by atoms with van der Waals surface area (Å²) >= 11 is 5.84. The minimum atomic E-state index is -0.537. The van der Waals surface area contributed by atoms with E-state index in [0.717, 1.165) is 5.56 Å². The predicted octanol–water partition coefficient (Wildman–Crippen LogP) is 3.67. The van der Waals surface area contributed by atoms with E-state index in [1.807, 2.05) is 6.07 Å². The van der Waals surface area contributed by atoms with Crippen LogP contribution in [0, 0.1) is 0 Å². The number of carbonyl (C=O) groups excluding carboxylic acids is 1. The molecule has 0 bridgehead atoms. The quantitative estimate of drug-likeness (QED) is 0.841. The topological polar surface area (TPSA) is 64.3 Å². The maximum Gasteiger partial charge on any atom is 0.411 e. The molecule has 0 aromatic heterocycles. The van der Waals surface area contributed by atoms with Crippen molar-refractivity contribution in [2.75, 3.05) is 11.1 Å². The Morgan fingerprint density at radius 3 is 2.74 bits per heavy atom. The summed E-state index contributed by atoms with van der Waals surface area (Å²) in [7, 11) is 0. The Morgan fingerprint density at radius 1 is 1.21 bits per heavy atom. The van der Waals surface area contributed by atoms with E-state index < -0.39 is 6.09 Å². The molecule has 2 rings (SSSR count). The first-order valence-electron chi connectivity index (χ1n) is 5.67. The largest absolute Gasteiger partial charge is 0.444 e. The van der Waals surface area contributed by atoms with Crippen LogP contribution >= 0.6 is 11.6 Å². The molecule has 0 spiro atoms. The number of nitrogens with one attached hydrogen (secondary N) is 1. The van der Waals surface area contributed by atoms with Gasteiger partial charge in [0.2, 0.25) is 0 Å². The van der Waals surface area contributed by atoms with Crippen molar-refractivity contribution in [2.45, 2.75) is 6.61 Å². The second kappa shape index (κ2) is 6.11. The highest BCUT2D eigenvalue weighted by molar-refractivity contribution is 6.30. The number of halogens is 1. The second-order valence-electron chi connectivity index (χ2n) is 3.96. The molecule has 0 heterocycles. The molecule has 2 aromatic carbocycles. The third-order valence-electron chi connectivity index (χ3n) is 2.39. The molecule has 19 heavy (non-hydrogen) atoms. The molecular weight excluding hydrogens is 264 g/mol. The minimum Gasteiger partial charge on any atom is -0.444 e. The number of amides is 1. The van der Waals surface area contributed by atoms with E-state index in [4.69, 9.17) is 22.1 Å². The van der Waals surface area contributed by atoms with Crippen LogP contribution in [0.2, 0.25) is 5.02 Å². The number of benzene rings is 2. The van der Waals surface area contributed by atoms with Crippen LogP contribution in [0.1, 0.15) is 5.56 Å². The van der Waals surface area contributed by atoms with Gasteiger partial charge < -0.3 is 10.5 Å². The number of hydrogen-bond donors (Lipinski definition) is 2. The fraction of sp³-hybridized carbons (Fsp3) is 0.0714. The summed E-state index contributed by atoms with van der Waals surface area (Å²) < 4.78 is 5.08. The SMILES string of the molecule is Nc1cccc(NC(=O)OCc2cccc(Cl)c2)c1. The van der Waals surface area contributed by atoms with E-state index in [2.05, 4.69) is 5.32 Å². The number of carbonyl (C=O) groups is 1. The van der Waals surface area contributed by atoms with Crippen LogP contribution in [-0.2, 0) is 11.3 Å². The van der Waals surface area contributed by atoms with Crippen LogP contribution in [0.25, 0.3) is 0 Å². The van der Waals surface area contributed by atoms with Crippen molar-refractivity contribution >= 4 is 29.1 Å². The van der Waals surface area contributed by atoms with E-state index in [1.54, 1.807) is 42.5 Å². The fourth-order valence-electron chi connectivity index (χ4n) is 1.55. The summed E-state index contributed by atoms with van der Waals surface area (Å²) in [4.78, 5) is 11.6. The molecule has 0 saturated heterocycles. The van der Waals surface area contributed by atoms with Gasteiger partial charge in [-0.3, -0.25) is 5.32 Å². The third-order valence-corrected chi connectivity index (χ3v) is 2.63. The van der Waals surface area contributed by atoms with Crippen molar-refractivity contribution in [1.82, 2.24) is 0 Å². The highest BCUT2D eigenvalue weighted by Crippen LogP contribution is 2.14. The molecule has 0 atom stereocenters. The van der Waals surface area contributed by atoms with Crippen LogP contribution in [0.3, 0.4) is 0 Å². The summed E-state index contributed by atoms with van der Waals surface area (Å²) in [5.41, 5.74) is 7.61. The lowest BCUT2D eigenvalue weighted by molar-refractivity contribution is 0.155. The Morgan fingerprint density at radius 2 is 2.00 bits per heavy atom. The van der Waals surface area contributed by atoms with Crippen molar-refractivity contribution in [2.24, 2.45) is 0 Å². The Bertz CT molecular complexity index is 587. The molecule has 0 aliphatic heterocycles. The first-order valence-corrected chi connectivity index (χ1v) is 6.05. The Labute approximate surface area is 116 Å². The minimum absolute atomic E-state index is 0.161. The number of rotatable bonds is 3. The first-order chi connectivity index (χ1) is 9.13. The van der Waals surface area contributed by atoms with Gasteiger partial charge in [0.25, 0.3) is 0 Å². The van der Waals surface area contributed by atoms with Crippen molar-refractivity contribution in [3.63, 3.8) is 0 Å². The molecule has 2 aromatic rings. The average molecular weight is 277 g/mol. The Balaban J connectivity index is 1.88. The monoisotopic (exact) mass is 276 g/mol. The van der Waals surface area contributed by atoms with Gasteiger partial charge in [0, 0.05) is 16.4 Å². The summed E-state index contributed by atoms with van der Waals surface area (Å²) in [6.45, 7) is 0.161. The van der Waals surface area contributed by atoms with E-state index in [0.29, 0.717) is 16.4 Å². The molecule has 0 radical (unpaired) electrons. The van der Waals surface area contributed by atoms with E-state index in [-0.39, 0.29) is 6.61 Å². The van der Waals surface area contributed by atoms with Gasteiger partial charge in [-0.25, -0.2) is 4.79 Å². The summed E-state index contributed by atoms with van der Waals surface area (Å²) in [6, 6.07) is 14.0. The van der Waals surface area contributed by atoms with E-state index in [9.17, 15) is 4.79 Å². The van der Waals surface area contributed by atoms with Gasteiger partial charge in [-0.05, 0) is 35.9 Å². The smallest absolute Gasteiger partial charge is 0.411 e. The normalized spacial score (nSPS) is 9.95. The molecule has 5 heteroatoms. The highest BCUT2D eigenvalue weighted by atomic mass is 35.5. The predicted molar refractivity (Wildman–Crippen MR) is 76.1 cm³/mol. The van der Waals surface area contributed by atoms with Crippen molar-refractivity contribution < 1.29 is 9.53 Å². The number of ether oxygens (including phenoxy) is 1. The zero-order valence-corrected chi connectivity index (χ0v) is 10.9.